The molecular weight excluding hydrogens is 380 g/mol. The van der Waals surface area contributed by atoms with Crippen LogP contribution >= 0.6 is 0 Å². The first-order valence-corrected chi connectivity index (χ1v) is 11.0. The van der Waals surface area contributed by atoms with E-state index in [0.717, 1.165) is 73.3 Å². The molecule has 2 aliphatic heterocycles. The molecule has 3 heterocycles. The molecule has 30 heavy (non-hydrogen) atoms. The van der Waals surface area contributed by atoms with Crippen molar-refractivity contribution in [2.45, 2.75) is 70.1 Å². The lowest BCUT2D eigenvalue weighted by molar-refractivity contribution is 0.119. The van der Waals surface area contributed by atoms with Gasteiger partial charge in [-0.1, -0.05) is 0 Å². The normalized spacial score (nSPS) is 23.1. The molecule has 1 aliphatic carbocycles. The molecule has 2 N–H and O–H groups in total. The van der Waals surface area contributed by atoms with Gasteiger partial charge in [-0.05, 0) is 71.0 Å². The maximum absolute atomic E-state index is 12.1. The van der Waals surface area contributed by atoms with Gasteiger partial charge in [0, 0.05) is 35.0 Å². The summed E-state index contributed by atoms with van der Waals surface area (Å²) >= 11 is 0. The minimum atomic E-state index is -0.912. The van der Waals surface area contributed by atoms with Crippen LogP contribution in [-0.2, 0) is 6.42 Å². The SMILES string of the molecule is CC1(C)CCc2c(ccc(-c3cnn(C4CCNC4)c3)c2OC2CCC2)N1C(=O)O. The molecule has 0 radical (unpaired) electrons. The predicted molar refractivity (Wildman–Crippen MR) is 115 cm³/mol. The van der Waals surface area contributed by atoms with Gasteiger partial charge >= 0.3 is 6.09 Å². The third kappa shape index (κ3) is 3.25. The zero-order valence-corrected chi connectivity index (χ0v) is 17.7. The Bertz CT molecular complexity index is 957. The van der Waals surface area contributed by atoms with Gasteiger partial charge in [0.15, 0.2) is 0 Å². The smallest absolute Gasteiger partial charge is 0.412 e. The molecule has 2 fully saturated rings. The van der Waals surface area contributed by atoms with Gasteiger partial charge in [0.25, 0.3) is 0 Å². The molecule has 1 saturated heterocycles. The number of nitrogens with zero attached hydrogens (tertiary/aromatic N) is 3. The predicted octanol–water partition coefficient (Wildman–Crippen LogP) is 4.23. The standard InChI is InChI=1S/C23H30N4O3/c1-23(2)10-8-19-20(27(23)22(28)29)7-6-18(21(19)30-17-4-3-5-17)15-12-25-26(14-15)16-9-11-24-13-16/h6-7,12,14,16-17,24H,3-5,8-11,13H2,1-2H3,(H,28,29). The zero-order valence-electron chi connectivity index (χ0n) is 17.7. The Labute approximate surface area is 177 Å². The maximum atomic E-state index is 12.1. The molecule has 7 nitrogen and oxygen atoms in total. The van der Waals surface area contributed by atoms with Crippen LogP contribution in [0.5, 0.6) is 5.75 Å². The molecule has 1 amide bonds. The van der Waals surface area contributed by atoms with E-state index in [-0.39, 0.29) is 6.10 Å². The van der Waals surface area contributed by atoms with E-state index in [4.69, 9.17) is 4.74 Å². The van der Waals surface area contributed by atoms with Gasteiger partial charge in [0.1, 0.15) is 5.75 Å². The second-order valence-electron chi connectivity index (χ2n) is 9.40. The number of carboxylic acid groups (broad SMARTS) is 1. The molecule has 1 aromatic carbocycles. The van der Waals surface area contributed by atoms with Gasteiger partial charge in [-0.3, -0.25) is 9.58 Å². The number of rotatable bonds is 4. The van der Waals surface area contributed by atoms with Crippen LogP contribution in [0.25, 0.3) is 11.1 Å². The van der Waals surface area contributed by atoms with Crippen molar-refractivity contribution >= 4 is 11.8 Å². The molecular formula is C23H30N4O3. The van der Waals surface area contributed by atoms with E-state index < -0.39 is 11.6 Å². The van der Waals surface area contributed by atoms with Crippen LogP contribution in [0.2, 0.25) is 0 Å². The van der Waals surface area contributed by atoms with Crippen LogP contribution in [0.15, 0.2) is 24.5 Å². The summed E-state index contributed by atoms with van der Waals surface area (Å²) in [5.41, 5.74) is 3.38. The topological polar surface area (TPSA) is 79.6 Å². The molecule has 160 valence electrons. The molecule has 3 aliphatic rings. The summed E-state index contributed by atoms with van der Waals surface area (Å²) in [6, 6.07) is 4.34. The van der Waals surface area contributed by atoms with Crippen molar-refractivity contribution in [3.63, 3.8) is 0 Å². The van der Waals surface area contributed by atoms with Crippen molar-refractivity contribution in [1.29, 1.82) is 0 Å². The molecule has 1 atom stereocenters. The first-order chi connectivity index (χ1) is 14.4. The van der Waals surface area contributed by atoms with Crippen LogP contribution in [0.3, 0.4) is 0 Å². The van der Waals surface area contributed by atoms with Gasteiger partial charge in [0.2, 0.25) is 0 Å². The van der Waals surface area contributed by atoms with E-state index in [1.807, 2.05) is 32.2 Å². The highest BCUT2D eigenvalue weighted by atomic mass is 16.5. The van der Waals surface area contributed by atoms with E-state index in [9.17, 15) is 9.90 Å². The van der Waals surface area contributed by atoms with Crippen LogP contribution in [0.1, 0.15) is 57.6 Å². The summed E-state index contributed by atoms with van der Waals surface area (Å²) in [5, 5.41) is 17.9. The number of ether oxygens (including phenoxy) is 1. The van der Waals surface area contributed by atoms with Crippen molar-refractivity contribution in [1.82, 2.24) is 15.1 Å². The second kappa shape index (κ2) is 7.30. The fourth-order valence-electron chi connectivity index (χ4n) is 4.86. The molecule has 1 aromatic heterocycles. The lowest BCUT2D eigenvalue weighted by Gasteiger charge is -2.42. The molecule has 1 unspecified atom stereocenters. The Morgan fingerprint density at radius 2 is 2.13 bits per heavy atom. The fourth-order valence-corrected chi connectivity index (χ4v) is 4.86. The third-order valence-electron chi connectivity index (χ3n) is 6.92. The van der Waals surface area contributed by atoms with Gasteiger partial charge in [-0.2, -0.15) is 5.10 Å². The van der Waals surface area contributed by atoms with Crippen LogP contribution in [0.4, 0.5) is 10.5 Å². The monoisotopic (exact) mass is 410 g/mol. The molecule has 0 spiro atoms. The number of fused-ring (bicyclic) bond motifs is 1. The summed E-state index contributed by atoms with van der Waals surface area (Å²) in [6.45, 7) is 5.95. The average molecular weight is 411 g/mol. The quantitative estimate of drug-likeness (QED) is 0.789. The van der Waals surface area contributed by atoms with Gasteiger partial charge in [0.05, 0.1) is 24.0 Å². The summed E-state index contributed by atoms with van der Waals surface area (Å²) < 4.78 is 8.55. The number of carbonyl (C=O) groups is 1. The molecule has 2 aromatic rings. The zero-order chi connectivity index (χ0) is 20.9. The number of nitrogens with one attached hydrogen (secondary N) is 1. The number of hydrogen-bond acceptors (Lipinski definition) is 4. The second-order valence-corrected chi connectivity index (χ2v) is 9.40. The minimum Gasteiger partial charge on any atom is -0.489 e. The highest BCUT2D eigenvalue weighted by Gasteiger charge is 2.39. The Morgan fingerprint density at radius 1 is 1.30 bits per heavy atom. The molecule has 1 saturated carbocycles. The lowest BCUT2D eigenvalue weighted by atomic mass is 9.85. The summed E-state index contributed by atoms with van der Waals surface area (Å²) in [7, 11) is 0. The van der Waals surface area contributed by atoms with E-state index in [0.29, 0.717) is 6.04 Å². The highest BCUT2D eigenvalue weighted by molar-refractivity contribution is 5.92. The summed E-state index contributed by atoms with van der Waals surface area (Å²) in [5.74, 6) is 0.850. The van der Waals surface area contributed by atoms with Crippen molar-refractivity contribution < 1.29 is 14.6 Å². The molecule has 5 rings (SSSR count). The van der Waals surface area contributed by atoms with Crippen LogP contribution < -0.4 is 15.0 Å². The average Bonchev–Trinajstić information content (AvgIpc) is 3.34. The number of amides is 1. The van der Waals surface area contributed by atoms with Crippen molar-refractivity contribution in [3.05, 3.63) is 30.1 Å². The number of hydrogen-bond donors (Lipinski definition) is 2. The Balaban J connectivity index is 1.59. The van der Waals surface area contributed by atoms with Crippen molar-refractivity contribution in [2.75, 3.05) is 18.0 Å². The number of anilines is 1. The largest absolute Gasteiger partial charge is 0.489 e. The van der Waals surface area contributed by atoms with E-state index >= 15 is 0 Å². The maximum Gasteiger partial charge on any atom is 0.412 e. The summed E-state index contributed by atoms with van der Waals surface area (Å²) in [4.78, 5) is 13.6. The fraction of sp³-hybridized carbons (Fsp3) is 0.565. The minimum absolute atomic E-state index is 0.220. The van der Waals surface area contributed by atoms with E-state index in [2.05, 4.69) is 21.3 Å². The third-order valence-corrected chi connectivity index (χ3v) is 6.92. The van der Waals surface area contributed by atoms with Gasteiger partial charge in [-0.15, -0.1) is 0 Å². The number of aromatic nitrogens is 2. The highest BCUT2D eigenvalue weighted by Crippen LogP contribution is 2.46. The first kappa shape index (κ1) is 19.4. The first-order valence-electron chi connectivity index (χ1n) is 11.0. The molecule has 7 heteroatoms. The van der Waals surface area contributed by atoms with Crippen molar-refractivity contribution in [3.8, 4) is 16.9 Å². The van der Waals surface area contributed by atoms with Crippen LogP contribution in [0, 0.1) is 0 Å². The Hall–Kier alpha value is -2.54. The van der Waals surface area contributed by atoms with Crippen LogP contribution in [-0.4, -0.2) is 45.7 Å². The van der Waals surface area contributed by atoms with Gasteiger partial charge < -0.3 is 15.2 Å². The Kier molecular flexibility index (Phi) is 4.73. The van der Waals surface area contributed by atoms with E-state index in [1.165, 1.54) is 11.3 Å². The van der Waals surface area contributed by atoms with Crippen molar-refractivity contribution in [2.24, 2.45) is 0 Å². The van der Waals surface area contributed by atoms with Gasteiger partial charge in [-0.25, -0.2) is 4.79 Å². The Morgan fingerprint density at radius 3 is 2.80 bits per heavy atom. The summed E-state index contributed by atoms with van der Waals surface area (Å²) in [6.07, 6.45) is 9.29. The molecule has 0 bridgehead atoms. The lowest BCUT2D eigenvalue weighted by Crippen LogP contribution is -2.50. The van der Waals surface area contributed by atoms with E-state index in [1.54, 1.807) is 0 Å². The number of benzene rings is 1.